The van der Waals surface area contributed by atoms with E-state index < -0.39 is 0 Å². The largest absolute Gasteiger partial charge is 0.383 e. The number of nitrogens with two attached hydrogens (primary N) is 1. The van der Waals surface area contributed by atoms with Gasteiger partial charge in [-0.25, -0.2) is 0 Å². The van der Waals surface area contributed by atoms with E-state index in [-0.39, 0.29) is 0 Å². The molecule has 1 unspecified atom stereocenters. The zero-order valence-electron chi connectivity index (χ0n) is 8.95. The number of hydrogen-bond acceptors (Lipinski definition) is 5. The summed E-state index contributed by atoms with van der Waals surface area (Å²) in [6.45, 7) is 3.86. The van der Waals surface area contributed by atoms with Crippen LogP contribution in [0.2, 0.25) is 0 Å². The molecule has 0 spiro atoms. The maximum Gasteiger partial charge on any atom is 0.142 e. The first-order valence-corrected chi connectivity index (χ1v) is 6.12. The van der Waals surface area contributed by atoms with E-state index in [2.05, 4.69) is 9.69 Å². The molecule has 2 rings (SSSR count). The van der Waals surface area contributed by atoms with E-state index in [4.69, 9.17) is 10.5 Å². The normalized spacial score (nSPS) is 20.7. The van der Waals surface area contributed by atoms with Crippen molar-refractivity contribution in [2.24, 2.45) is 0 Å². The van der Waals surface area contributed by atoms with Gasteiger partial charge in [0.15, 0.2) is 0 Å². The van der Waals surface area contributed by atoms with Crippen molar-refractivity contribution in [3.8, 4) is 0 Å². The molecule has 5 heteroatoms. The molecule has 0 amide bonds. The van der Waals surface area contributed by atoms with Gasteiger partial charge in [0.25, 0.3) is 0 Å². The number of nitrogens with zero attached hydrogens (tertiary/aromatic N) is 1. The molecular formula is C10H17N3OS. The summed E-state index contributed by atoms with van der Waals surface area (Å²) in [6.07, 6.45) is 3.92. The Morgan fingerprint density at radius 3 is 3.13 bits per heavy atom. The summed E-state index contributed by atoms with van der Waals surface area (Å²) in [4.78, 5) is 0. The first-order chi connectivity index (χ1) is 7.27. The monoisotopic (exact) mass is 227 g/mol. The van der Waals surface area contributed by atoms with Crippen molar-refractivity contribution in [1.29, 1.82) is 0 Å². The maximum atomic E-state index is 5.67. The van der Waals surface area contributed by atoms with Crippen molar-refractivity contribution >= 4 is 22.4 Å². The number of nitrogens with one attached hydrogen (secondary N) is 1. The molecule has 1 aliphatic rings. The first-order valence-electron chi connectivity index (χ1n) is 5.34. The van der Waals surface area contributed by atoms with Gasteiger partial charge in [-0.3, -0.25) is 0 Å². The number of aromatic nitrogens is 1. The van der Waals surface area contributed by atoms with E-state index in [0.717, 1.165) is 30.1 Å². The summed E-state index contributed by atoms with van der Waals surface area (Å²) >= 11 is 1.43. The van der Waals surface area contributed by atoms with E-state index >= 15 is 0 Å². The highest BCUT2D eigenvalue weighted by Crippen LogP contribution is 2.25. The molecule has 15 heavy (non-hydrogen) atoms. The van der Waals surface area contributed by atoms with Gasteiger partial charge in [0, 0.05) is 18.7 Å². The van der Waals surface area contributed by atoms with E-state index in [1.54, 1.807) is 0 Å². The Bertz CT molecular complexity index is 320. The fourth-order valence-electron chi connectivity index (χ4n) is 1.73. The standard InChI is InChI=1S/C10H17N3OS/c1-7-9(11)13-15-10(7)12-5-4-8-3-2-6-14-8/h8,12H,2-6H2,1H3,(H2,11,13). The Labute approximate surface area is 94.0 Å². The molecule has 1 saturated heterocycles. The molecule has 0 radical (unpaired) electrons. The van der Waals surface area contributed by atoms with E-state index in [1.807, 2.05) is 6.92 Å². The lowest BCUT2D eigenvalue weighted by Gasteiger charge is -2.09. The second kappa shape index (κ2) is 4.81. The van der Waals surface area contributed by atoms with Crippen LogP contribution in [-0.2, 0) is 4.74 Å². The van der Waals surface area contributed by atoms with Crippen molar-refractivity contribution in [3.63, 3.8) is 0 Å². The van der Waals surface area contributed by atoms with Crippen LogP contribution in [0.15, 0.2) is 0 Å². The molecule has 1 fully saturated rings. The van der Waals surface area contributed by atoms with Crippen LogP contribution in [0, 0.1) is 6.92 Å². The number of ether oxygens (including phenoxy) is 1. The summed E-state index contributed by atoms with van der Waals surface area (Å²) in [7, 11) is 0. The molecule has 0 aromatic carbocycles. The van der Waals surface area contributed by atoms with E-state index in [0.29, 0.717) is 11.9 Å². The van der Waals surface area contributed by atoms with Gasteiger partial charge in [-0.05, 0) is 37.7 Å². The fraction of sp³-hybridized carbons (Fsp3) is 0.700. The summed E-state index contributed by atoms with van der Waals surface area (Å²) in [5.74, 6) is 0.639. The number of rotatable bonds is 4. The van der Waals surface area contributed by atoms with Gasteiger partial charge < -0.3 is 15.8 Å². The predicted octanol–water partition coefficient (Wildman–Crippen LogP) is 2.01. The third kappa shape index (κ3) is 2.60. The Morgan fingerprint density at radius 1 is 1.67 bits per heavy atom. The lowest BCUT2D eigenvalue weighted by molar-refractivity contribution is 0.107. The molecule has 84 valence electrons. The summed E-state index contributed by atoms with van der Waals surface area (Å²) in [6, 6.07) is 0. The van der Waals surface area contributed by atoms with Crippen molar-refractivity contribution < 1.29 is 4.74 Å². The molecule has 1 aromatic heterocycles. The van der Waals surface area contributed by atoms with Gasteiger partial charge in [-0.1, -0.05) is 0 Å². The van der Waals surface area contributed by atoms with Gasteiger partial charge in [-0.15, -0.1) is 0 Å². The molecular weight excluding hydrogens is 210 g/mol. The van der Waals surface area contributed by atoms with E-state index in [9.17, 15) is 0 Å². The second-order valence-corrected chi connectivity index (χ2v) is 4.65. The highest BCUT2D eigenvalue weighted by atomic mass is 32.1. The van der Waals surface area contributed by atoms with Crippen LogP contribution in [0.3, 0.4) is 0 Å². The molecule has 1 atom stereocenters. The van der Waals surface area contributed by atoms with Crippen LogP contribution in [0.1, 0.15) is 24.8 Å². The summed E-state index contributed by atoms with van der Waals surface area (Å²) < 4.78 is 9.64. The minimum atomic E-state index is 0.447. The zero-order valence-corrected chi connectivity index (χ0v) is 9.77. The van der Waals surface area contributed by atoms with Crippen molar-refractivity contribution in [1.82, 2.24) is 4.37 Å². The van der Waals surface area contributed by atoms with Crippen LogP contribution >= 0.6 is 11.5 Å². The Hall–Kier alpha value is -0.810. The molecule has 2 heterocycles. The van der Waals surface area contributed by atoms with Crippen molar-refractivity contribution in [2.75, 3.05) is 24.2 Å². The number of anilines is 2. The minimum Gasteiger partial charge on any atom is -0.383 e. The molecule has 1 aromatic rings. The van der Waals surface area contributed by atoms with Crippen molar-refractivity contribution in [3.05, 3.63) is 5.56 Å². The van der Waals surface area contributed by atoms with Gasteiger partial charge in [-0.2, -0.15) is 4.37 Å². The van der Waals surface area contributed by atoms with Gasteiger partial charge >= 0.3 is 0 Å². The molecule has 4 nitrogen and oxygen atoms in total. The third-order valence-corrected chi connectivity index (χ3v) is 3.66. The molecule has 0 bridgehead atoms. The summed E-state index contributed by atoms with van der Waals surface area (Å²) in [5, 5.41) is 4.45. The van der Waals surface area contributed by atoms with Crippen LogP contribution in [-0.4, -0.2) is 23.6 Å². The van der Waals surface area contributed by atoms with E-state index in [1.165, 1.54) is 24.4 Å². The second-order valence-electron chi connectivity index (χ2n) is 3.87. The lowest BCUT2D eigenvalue weighted by Crippen LogP contribution is -2.12. The average Bonchev–Trinajstić information content (AvgIpc) is 2.83. The number of nitrogen functional groups attached to an aromatic ring is 1. The van der Waals surface area contributed by atoms with Gasteiger partial charge in [0.05, 0.1) is 6.10 Å². The highest BCUT2D eigenvalue weighted by Gasteiger charge is 2.15. The van der Waals surface area contributed by atoms with Crippen LogP contribution in [0.5, 0.6) is 0 Å². The van der Waals surface area contributed by atoms with Crippen molar-refractivity contribution in [2.45, 2.75) is 32.3 Å². The highest BCUT2D eigenvalue weighted by molar-refractivity contribution is 7.10. The predicted molar refractivity (Wildman–Crippen MR) is 63.3 cm³/mol. The molecule has 1 aliphatic heterocycles. The topological polar surface area (TPSA) is 60.2 Å². The number of hydrogen-bond donors (Lipinski definition) is 2. The van der Waals surface area contributed by atoms with Gasteiger partial charge in [0.2, 0.25) is 0 Å². The van der Waals surface area contributed by atoms with Crippen LogP contribution in [0.25, 0.3) is 0 Å². The first kappa shape index (κ1) is 10.7. The average molecular weight is 227 g/mol. The SMILES string of the molecule is Cc1c(N)nsc1NCCC1CCCO1. The summed E-state index contributed by atoms with van der Waals surface area (Å²) in [5.41, 5.74) is 6.73. The molecule has 0 saturated carbocycles. The maximum absolute atomic E-state index is 5.67. The molecule has 3 N–H and O–H groups in total. The lowest BCUT2D eigenvalue weighted by atomic mass is 10.2. The Kier molecular flexibility index (Phi) is 3.43. The van der Waals surface area contributed by atoms with Crippen LogP contribution in [0.4, 0.5) is 10.8 Å². The zero-order chi connectivity index (χ0) is 10.7. The Balaban J connectivity index is 1.75. The smallest absolute Gasteiger partial charge is 0.142 e. The Morgan fingerprint density at radius 2 is 2.53 bits per heavy atom. The van der Waals surface area contributed by atoms with Crippen LogP contribution < -0.4 is 11.1 Å². The quantitative estimate of drug-likeness (QED) is 0.826. The third-order valence-electron chi connectivity index (χ3n) is 2.74. The molecule has 0 aliphatic carbocycles. The minimum absolute atomic E-state index is 0.447. The fourth-order valence-corrected chi connectivity index (χ4v) is 2.47. The van der Waals surface area contributed by atoms with Gasteiger partial charge in [0.1, 0.15) is 10.8 Å².